The van der Waals surface area contributed by atoms with Crippen LogP contribution in [0.25, 0.3) is 0 Å². The summed E-state index contributed by atoms with van der Waals surface area (Å²) >= 11 is 0. The zero-order valence-corrected chi connectivity index (χ0v) is 20.9. The van der Waals surface area contributed by atoms with Crippen LogP contribution in [0.3, 0.4) is 0 Å². The predicted molar refractivity (Wildman–Crippen MR) is 128 cm³/mol. The molecule has 1 aromatic rings. The second-order valence-corrected chi connectivity index (χ2v) is 9.21. The van der Waals surface area contributed by atoms with Crippen LogP contribution < -0.4 is 10.6 Å². The van der Waals surface area contributed by atoms with E-state index < -0.39 is 0 Å². The van der Waals surface area contributed by atoms with E-state index in [1.165, 1.54) is 58.0 Å². The van der Waals surface area contributed by atoms with Gasteiger partial charge >= 0.3 is 0 Å². The molecule has 1 aromatic heterocycles. The van der Waals surface area contributed by atoms with Crippen LogP contribution in [0.4, 0.5) is 0 Å². The number of piperidine rings is 1. The molecule has 1 aliphatic carbocycles. The van der Waals surface area contributed by atoms with Gasteiger partial charge in [0, 0.05) is 37.1 Å². The zero-order chi connectivity index (χ0) is 20.0. The van der Waals surface area contributed by atoms with Gasteiger partial charge in [-0.1, -0.05) is 45.2 Å². The third kappa shape index (κ3) is 7.38. The van der Waals surface area contributed by atoms with Crippen molar-refractivity contribution in [1.82, 2.24) is 25.7 Å². The van der Waals surface area contributed by atoms with Crippen LogP contribution in [0.2, 0.25) is 0 Å². The molecule has 0 spiro atoms. The number of likely N-dealkylation sites (tertiary alicyclic amines) is 1. The molecule has 0 radical (unpaired) electrons. The van der Waals surface area contributed by atoms with E-state index in [-0.39, 0.29) is 29.4 Å². The fourth-order valence-corrected chi connectivity index (χ4v) is 4.14. The maximum atomic E-state index is 5.36. The summed E-state index contributed by atoms with van der Waals surface area (Å²) < 4.78 is 5.36. The molecule has 1 aliphatic heterocycles. The number of hydrogen-bond acceptors (Lipinski definition) is 5. The van der Waals surface area contributed by atoms with Crippen LogP contribution in [0, 0.1) is 0 Å². The summed E-state index contributed by atoms with van der Waals surface area (Å²) in [5, 5.41) is 11.0. The van der Waals surface area contributed by atoms with E-state index in [4.69, 9.17) is 4.52 Å². The topological polar surface area (TPSA) is 78.6 Å². The van der Waals surface area contributed by atoms with E-state index in [1.54, 1.807) is 0 Å². The third-order valence-corrected chi connectivity index (χ3v) is 5.79. The number of hydrogen-bond donors (Lipinski definition) is 2. The Morgan fingerprint density at radius 1 is 1.14 bits per heavy atom. The van der Waals surface area contributed by atoms with E-state index in [2.05, 4.69) is 58.4 Å². The van der Waals surface area contributed by atoms with Crippen molar-refractivity contribution in [3.63, 3.8) is 0 Å². The normalized spacial score (nSPS) is 20.3. The lowest BCUT2D eigenvalue weighted by molar-refractivity contribution is 0.119. The average Bonchev–Trinajstić information content (AvgIpc) is 3.17. The van der Waals surface area contributed by atoms with Crippen molar-refractivity contribution < 1.29 is 4.52 Å². The van der Waals surface area contributed by atoms with Crippen LogP contribution in [-0.2, 0) is 12.0 Å². The number of nitrogens with one attached hydrogen (secondary N) is 2. The summed E-state index contributed by atoms with van der Waals surface area (Å²) in [6.07, 6.45) is 9.39. The van der Waals surface area contributed by atoms with Gasteiger partial charge in [0.25, 0.3) is 0 Å². The van der Waals surface area contributed by atoms with Crippen molar-refractivity contribution in [3.8, 4) is 0 Å². The maximum absolute atomic E-state index is 5.36. The minimum atomic E-state index is -0.135. The Morgan fingerprint density at radius 2 is 1.83 bits per heavy atom. The lowest BCUT2D eigenvalue weighted by Gasteiger charge is -2.39. The first-order valence-corrected chi connectivity index (χ1v) is 11.1. The summed E-state index contributed by atoms with van der Waals surface area (Å²) in [5.74, 6) is 2.14. The quantitative estimate of drug-likeness (QED) is 0.351. The Kier molecular flexibility index (Phi) is 9.65. The van der Waals surface area contributed by atoms with Gasteiger partial charge in [0.15, 0.2) is 11.8 Å². The molecule has 166 valence electrons. The van der Waals surface area contributed by atoms with Crippen LogP contribution in [0.1, 0.15) is 84.4 Å². The second kappa shape index (κ2) is 11.5. The fourth-order valence-electron chi connectivity index (χ4n) is 4.14. The highest BCUT2D eigenvalue weighted by atomic mass is 127. The SMILES string of the molecule is CCNC(=NCc1noc(C(C)(C)C)n1)NC1CCN(C2CCCCC2)CC1.I. The Bertz CT molecular complexity index is 627. The van der Waals surface area contributed by atoms with Crippen molar-refractivity contribution in [2.45, 2.75) is 96.7 Å². The number of aliphatic imine (C=N–C) groups is 1. The van der Waals surface area contributed by atoms with Gasteiger partial charge in [-0.15, -0.1) is 24.0 Å². The fraction of sp³-hybridized carbons (Fsp3) is 0.857. The van der Waals surface area contributed by atoms with Gasteiger partial charge in [-0.3, -0.25) is 0 Å². The predicted octanol–water partition coefficient (Wildman–Crippen LogP) is 3.84. The van der Waals surface area contributed by atoms with Gasteiger partial charge in [-0.2, -0.15) is 4.98 Å². The van der Waals surface area contributed by atoms with Crippen molar-refractivity contribution in [2.75, 3.05) is 19.6 Å². The monoisotopic (exact) mass is 518 g/mol. The van der Waals surface area contributed by atoms with Crippen molar-refractivity contribution in [3.05, 3.63) is 11.7 Å². The smallest absolute Gasteiger partial charge is 0.232 e. The number of halogens is 1. The van der Waals surface area contributed by atoms with Gasteiger partial charge in [-0.25, -0.2) is 4.99 Å². The summed E-state index contributed by atoms with van der Waals surface area (Å²) in [7, 11) is 0. The highest BCUT2D eigenvalue weighted by Crippen LogP contribution is 2.25. The molecule has 2 fully saturated rings. The summed E-state index contributed by atoms with van der Waals surface area (Å²) in [5.41, 5.74) is -0.135. The van der Waals surface area contributed by atoms with Gasteiger partial charge in [0.1, 0.15) is 6.54 Å². The Labute approximate surface area is 192 Å². The first kappa shape index (κ1) is 24.4. The maximum Gasteiger partial charge on any atom is 0.232 e. The van der Waals surface area contributed by atoms with Crippen molar-refractivity contribution in [1.29, 1.82) is 0 Å². The van der Waals surface area contributed by atoms with E-state index in [0.717, 1.165) is 18.5 Å². The molecule has 2 aliphatic rings. The van der Waals surface area contributed by atoms with E-state index in [0.29, 0.717) is 24.3 Å². The lowest BCUT2D eigenvalue weighted by atomic mass is 9.92. The molecule has 7 nitrogen and oxygen atoms in total. The first-order chi connectivity index (χ1) is 13.5. The number of rotatable bonds is 5. The standard InChI is InChI=1S/C21H38N6O.HI/c1-5-22-20(23-15-18-25-19(28-26-18)21(2,3)4)24-16-11-13-27(14-12-16)17-9-7-6-8-10-17;/h16-17H,5-15H2,1-4H3,(H2,22,23,24);1H. The third-order valence-electron chi connectivity index (χ3n) is 5.79. The van der Waals surface area contributed by atoms with E-state index in [9.17, 15) is 0 Å². The highest BCUT2D eigenvalue weighted by molar-refractivity contribution is 14.0. The summed E-state index contributed by atoms with van der Waals surface area (Å²) in [6.45, 7) is 12.0. The molecular formula is C21H39IN6O. The molecule has 0 amide bonds. The number of aromatic nitrogens is 2. The van der Waals surface area contributed by atoms with Gasteiger partial charge in [0.2, 0.25) is 5.89 Å². The molecule has 3 rings (SSSR count). The molecule has 1 saturated heterocycles. The molecular weight excluding hydrogens is 479 g/mol. The van der Waals surface area contributed by atoms with Crippen LogP contribution in [-0.4, -0.2) is 52.7 Å². The molecule has 0 atom stereocenters. The largest absolute Gasteiger partial charge is 0.357 e. The summed E-state index contributed by atoms with van der Waals surface area (Å²) in [4.78, 5) is 11.9. The lowest BCUT2D eigenvalue weighted by Crippen LogP contribution is -2.51. The molecule has 1 saturated carbocycles. The minimum absolute atomic E-state index is 0. The van der Waals surface area contributed by atoms with Crippen LogP contribution in [0.5, 0.6) is 0 Å². The molecule has 29 heavy (non-hydrogen) atoms. The van der Waals surface area contributed by atoms with Gasteiger partial charge in [0.05, 0.1) is 0 Å². The molecule has 0 bridgehead atoms. The molecule has 0 aromatic carbocycles. The van der Waals surface area contributed by atoms with Crippen LogP contribution in [0.15, 0.2) is 9.52 Å². The Hall–Kier alpha value is -0.900. The molecule has 0 unspecified atom stereocenters. The minimum Gasteiger partial charge on any atom is -0.357 e. The zero-order valence-electron chi connectivity index (χ0n) is 18.5. The number of guanidine groups is 1. The van der Waals surface area contributed by atoms with E-state index >= 15 is 0 Å². The number of nitrogens with zero attached hydrogens (tertiary/aromatic N) is 4. The second-order valence-electron chi connectivity index (χ2n) is 9.21. The molecule has 2 heterocycles. The van der Waals surface area contributed by atoms with E-state index in [1.807, 2.05) is 0 Å². The molecule has 8 heteroatoms. The van der Waals surface area contributed by atoms with Crippen molar-refractivity contribution >= 4 is 29.9 Å². The van der Waals surface area contributed by atoms with Gasteiger partial charge < -0.3 is 20.1 Å². The van der Waals surface area contributed by atoms with Crippen LogP contribution >= 0.6 is 24.0 Å². The average molecular weight is 518 g/mol. The van der Waals surface area contributed by atoms with Gasteiger partial charge in [-0.05, 0) is 32.6 Å². The molecule has 2 N–H and O–H groups in total. The highest BCUT2D eigenvalue weighted by Gasteiger charge is 2.26. The summed E-state index contributed by atoms with van der Waals surface area (Å²) in [6, 6.07) is 1.31. The first-order valence-electron chi connectivity index (χ1n) is 11.1. The Morgan fingerprint density at radius 3 is 2.41 bits per heavy atom. The Balaban J connectivity index is 0.00000300. The van der Waals surface area contributed by atoms with Crippen molar-refractivity contribution in [2.24, 2.45) is 4.99 Å².